The summed E-state index contributed by atoms with van der Waals surface area (Å²) in [6.45, 7) is 5.91. The third-order valence-electron chi connectivity index (χ3n) is 6.19. The summed E-state index contributed by atoms with van der Waals surface area (Å²) < 4.78 is 0. The lowest BCUT2D eigenvalue weighted by Crippen LogP contribution is -2.46. The predicted molar refractivity (Wildman–Crippen MR) is 130 cm³/mol. The first kappa shape index (κ1) is 22.3. The SMILES string of the molecule is O=C1NCCc2ccc(CCCCCN3CCN(c4cccc(Cl)c4Cl)CC3)cc2N1. The van der Waals surface area contributed by atoms with Gasteiger partial charge in [-0.1, -0.05) is 47.8 Å². The lowest BCUT2D eigenvalue weighted by atomic mass is 10.0. The van der Waals surface area contributed by atoms with Crippen molar-refractivity contribution in [2.45, 2.75) is 32.1 Å². The number of anilines is 2. The fourth-order valence-corrected chi connectivity index (χ4v) is 4.80. The van der Waals surface area contributed by atoms with E-state index in [0.29, 0.717) is 16.6 Å². The summed E-state index contributed by atoms with van der Waals surface area (Å²) >= 11 is 12.5. The quantitative estimate of drug-likeness (QED) is 0.557. The molecule has 2 aromatic carbocycles. The van der Waals surface area contributed by atoms with Crippen LogP contribution in [0.4, 0.5) is 16.2 Å². The molecule has 4 rings (SSSR count). The summed E-state index contributed by atoms with van der Waals surface area (Å²) in [4.78, 5) is 16.6. The molecule has 0 spiro atoms. The first-order valence-corrected chi connectivity index (χ1v) is 11.9. The van der Waals surface area contributed by atoms with E-state index in [1.807, 2.05) is 18.2 Å². The van der Waals surface area contributed by atoms with Gasteiger partial charge in [-0.2, -0.15) is 0 Å². The molecule has 1 saturated heterocycles. The van der Waals surface area contributed by atoms with E-state index in [2.05, 4.69) is 38.6 Å². The predicted octanol–water partition coefficient (Wildman–Crippen LogP) is 5.21. The zero-order valence-electron chi connectivity index (χ0n) is 17.8. The Morgan fingerprint density at radius 3 is 2.65 bits per heavy atom. The van der Waals surface area contributed by atoms with Crippen LogP contribution in [-0.2, 0) is 12.8 Å². The highest BCUT2D eigenvalue weighted by Crippen LogP contribution is 2.32. The molecule has 2 aliphatic rings. The lowest BCUT2D eigenvalue weighted by molar-refractivity contribution is 0.252. The molecule has 31 heavy (non-hydrogen) atoms. The molecule has 0 saturated carbocycles. The van der Waals surface area contributed by atoms with Gasteiger partial charge in [0.15, 0.2) is 0 Å². The second-order valence-electron chi connectivity index (χ2n) is 8.33. The number of aryl methyl sites for hydroxylation is 1. The van der Waals surface area contributed by atoms with Gasteiger partial charge in [-0.3, -0.25) is 4.90 Å². The van der Waals surface area contributed by atoms with Crippen LogP contribution in [0.25, 0.3) is 0 Å². The molecule has 2 heterocycles. The number of benzene rings is 2. The fourth-order valence-electron chi connectivity index (χ4n) is 4.38. The fraction of sp³-hybridized carbons (Fsp3) is 0.458. The number of hydrogen-bond acceptors (Lipinski definition) is 3. The molecular formula is C24H30Cl2N4O. The molecule has 7 heteroatoms. The largest absolute Gasteiger partial charge is 0.368 e. The van der Waals surface area contributed by atoms with Crippen molar-refractivity contribution < 1.29 is 4.79 Å². The number of hydrogen-bond donors (Lipinski definition) is 2. The lowest BCUT2D eigenvalue weighted by Gasteiger charge is -2.36. The Labute approximate surface area is 194 Å². The van der Waals surface area contributed by atoms with Crippen LogP contribution < -0.4 is 15.5 Å². The summed E-state index contributed by atoms with van der Waals surface area (Å²) in [5.74, 6) is 0. The average Bonchev–Trinajstić information content (AvgIpc) is 2.96. The van der Waals surface area contributed by atoms with Gasteiger partial charge < -0.3 is 15.5 Å². The van der Waals surface area contributed by atoms with E-state index < -0.39 is 0 Å². The molecule has 0 unspecified atom stereocenters. The van der Waals surface area contributed by atoms with Crippen molar-refractivity contribution >= 4 is 40.6 Å². The van der Waals surface area contributed by atoms with Crippen LogP contribution in [0.3, 0.4) is 0 Å². The maximum Gasteiger partial charge on any atom is 0.319 e. The Kier molecular flexibility index (Phi) is 7.59. The van der Waals surface area contributed by atoms with Crippen molar-refractivity contribution in [3.63, 3.8) is 0 Å². The van der Waals surface area contributed by atoms with Gasteiger partial charge in [0.05, 0.1) is 15.7 Å². The molecule has 166 valence electrons. The van der Waals surface area contributed by atoms with Crippen LogP contribution in [0.5, 0.6) is 0 Å². The molecule has 0 atom stereocenters. The van der Waals surface area contributed by atoms with E-state index in [1.54, 1.807) is 0 Å². The number of carbonyl (C=O) groups excluding carboxylic acids is 1. The van der Waals surface area contributed by atoms with Crippen molar-refractivity contribution in [1.29, 1.82) is 0 Å². The van der Waals surface area contributed by atoms with Crippen LogP contribution in [0, 0.1) is 0 Å². The van der Waals surface area contributed by atoms with E-state index >= 15 is 0 Å². The number of urea groups is 1. The average molecular weight is 461 g/mol. The maximum atomic E-state index is 11.7. The minimum absolute atomic E-state index is 0.103. The summed E-state index contributed by atoms with van der Waals surface area (Å²) in [5, 5.41) is 7.08. The minimum Gasteiger partial charge on any atom is -0.368 e. The zero-order chi connectivity index (χ0) is 21.6. The molecule has 5 nitrogen and oxygen atoms in total. The summed E-state index contributed by atoms with van der Waals surface area (Å²) in [7, 11) is 0. The standard InChI is InChI=1S/C24H30Cl2N4O/c25-20-6-4-7-22(23(20)26)30-15-13-29(14-16-30)12-3-1-2-5-18-8-9-19-10-11-27-24(31)28-21(19)17-18/h4,6-9,17H,1-3,5,10-16H2,(H2,27,28,31). The van der Waals surface area contributed by atoms with Crippen molar-refractivity contribution in [3.8, 4) is 0 Å². The van der Waals surface area contributed by atoms with Crippen molar-refractivity contribution in [2.24, 2.45) is 0 Å². The van der Waals surface area contributed by atoms with Crippen LogP contribution in [-0.4, -0.2) is 50.2 Å². The van der Waals surface area contributed by atoms with E-state index in [0.717, 1.165) is 56.9 Å². The first-order chi connectivity index (χ1) is 15.1. The van der Waals surface area contributed by atoms with Gasteiger partial charge in [0.1, 0.15) is 0 Å². The number of fused-ring (bicyclic) bond motifs is 1. The van der Waals surface area contributed by atoms with Gasteiger partial charge in [-0.05, 0) is 61.6 Å². The van der Waals surface area contributed by atoms with Crippen LogP contribution in [0.15, 0.2) is 36.4 Å². The molecule has 0 radical (unpaired) electrons. The molecular weight excluding hydrogens is 431 g/mol. The van der Waals surface area contributed by atoms with E-state index in [-0.39, 0.29) is 6.03 Å². The van der Waals surface area contributed by atoms with Gasteiger partial charge in [-0.15, -0.1) is 0 Å². The number of unbranched alkanes of at least 4 members (excludes halogenated alkanes) is 2. The highest BCUT2D eigenvalue weighted by molar-refractivity contribution is 6.43. The monoisotopic (exact) mass is 460 g/mol. The molecule has 2 N–H and O–H groups in total. The normalized spacial score (nSPS) is 17.0. The zero-order valence-corrected chi connectivity index (χ0v) is 19.3. The molecule has 0 aliphatic carbocycles. The van der Waals surface area contributed by atoms with Gasteiger partial charge in [0, 0.05) is 38.4 Å². The Hall–Kier alpha value is -1.95. The van der Waals surface area contributed by atoms with Gasteiger partial charge in [-0.25, -0.2) is 4.79 Å². The molecule has 0 bridgehead atoms. The van der Waals surface area contributed by atoms with Gasteiger partial charge in [0.2, 0.25) is 0 Å². The van der Waals surface area contributed by atoms with Crippen molar-refractivity contribution in [3.05, 3.63) is 57.6 Å². The summed E-state index contributed by atoms with van der Waals surface area (Å²) in [6, 6.07) is 12.2. The summed E-state index contributed by atoms with van der Waals surface area (Å²) in [6.07, 6.45) is 5.53. The third kappa shape index (κ3) is 5.85. The van der Waals surface area contributed by atoms with Crippen LogP contribution >= 0.6 is 23.2 Å². The number of nitrogens with one attached hydrogen (secondary N) is 2. The Balaban J connectivity index is 1.16. The van der Waals surface area contributed by atoms with E-state index in [9.17, 15) is 4.79 Å². The first-order valence-electron chi connectivity index (χ1n) is 11.2. The third-order valence-corrected chi connectivity index (χ3v) is 7.00. The molecule has 2 aromatic rings. The van der Waals surface area contributed by atoms with Crippen LogP contribution in [0.2, 0.25) is 10.0 Å². The number of piperazine rings is 1. The summed E-state index contributed by atoms with van der Waals surface area (Å²) in [5.41, 5.74) is 4.51. The van der Waals surface area contributed by atoms with Gasteiger partial charge in [0.25, 0.3) is 0 Å². The Morgan fingerprint density at radius 1 is 0.968 bits per heavy atom. The second-order valence-corrected chi connectivity index (χ2v) is 9.12. The Bertz CT molecular complexity index is 912. The van der Waals surface area contributed by atoms with Crippen molar-refractivity contribution in [2.75, 3.05) is 49.5 Å². The number of nitrogens with zero attached hydrogens (tertiary/aromatic N) is 2. The number of amides is 2. The molecule has 0 aromatic heterocycles. The number of rotatable bonds is 7. The highest BCUT2D eigenvalue weighted by Gasteiger charge is 2.19. The number of halogens is 2. The smallest absolute Gasteiger partial charge is 0.319 e. The molecule has 2 amide bonds. The molecule has 1 fully saturated rings. The Morgan fingerprint density at radius 2 is 1.81 bits per heavy atom. The topological polar surface area (TPSA) is 47.6 Å². The number of carbonyl (C=O) groups is 1. The van der Waals surface area contributed by atoms with E-state index in [4.69, 9.17) is 23.2 Å². The second kappa shape index (κ2) is 10.6. The molecule has 2 aliphatic heterocycles. The van der Waals surface area contributed by atoms with Crippen molar-refractivity contribution in [1.82, 2.24) is 10.2 Å². The van der Waals surface area contributed by atoms with Gasteiger partial charge >= 0.3 is 6.03 Å². The van der Waals surface area contributed by atoms with E-state index in [1.165, 1.54) is 30.4 Å². The highest BCUT2D eigenvalue weighted by atomic mass is 35.5. The minimum atomic E-state index is -0.103. The maximum absolute atomic E-state index is 11.7. The van der Waals surface area contributed by atoms with Crippen LogP contribution in [0.1, 0.15) is 30.4 Å².